The number of rotatable bonds is 5. The molecule has 0 radical (unpaired) electrons. The molecule has 2 heterocycles. The summed E-state index contributed by atoms with van der Waals surface area (Å²) >= 11 is 0. The van der Waals surface area contributed by atoms with Crippen molar-refractivity contribution in [1.29, 1.82) is 0 Å². The van der Waals surface area contributed by atoms with Crippen LogP contribution in [0.5, 0.6) is 0 Å². The highest BCUT2D eigenvalue weighted by molar-refractivity contribution is 5.95. The first-order valence-corrected chi connectivity index (χ1v) is 8.29. The molecule has 1 aromatic carbocycles. The van der Waals surface area contributed by atoms with Gasteiger partial charge in [-0.15, -0.1) is 0 Å². The molecule has 3 aromatic rings. The normalized spacial score (nSPS) is 12.3. The summed E-state index contributed by atoms with van der Waals surface area (Å²) in [5.74, 6) is -0.0949. The summed E-state index contributed by atoms with van der Waals surface area (Å²) in [5.41, 5.74) is 11.4. The standard InChI is InChI=1S/C20H23N3O/c1-3-15-8-4-5-9-17(15)18(21)12-22-20(24)16-11-19-14(2)7-6-10-23(19)13-16/h4-11,13,18H,3,12,21H2,1-2H3,(H,22,24). The van der Waals surface area contributed by atoms with E-state index in [0.717, 1.165) is 23.1 Å². The average molecular weight is 321 g/mol. The Morgan fingerprint density at radius 2 is 2.04 bits per heavy atom. The van der Waals surface area contributed by atoms with Gasteiger partial charge >= 0.3 is 0 Å². The molecule has 0 spiro atoms. The molecule has 0 aliphatic carbocycles. The minimum Gasteiger partial charge on any atom is -0.350 e. The van der Waals surface area contributed by atoms with Crippen molar-refractivity contribution in [2.24, 2.45) is 5.73 Å². The number of aryl methyl sites for hydroxylation is 2. The summed E-state index contributed by atoms with van der Waals surface area (Å²) in [6.45, 7) is 4.56. The van der Waals surface area contributed by atoms with Crippen LogP contribution in [0.1, 0.15) is 40.0 Å². The summed E-state index contributed by atoms with van der Waals surface area (Å²) in [4.78, 5) is 12.4. The molecule has 4 heteroatoms. The van der Waals surface area contributed by atoms with Crippen molar-refractivity contribution in [1.82, 2.24) is 9.72 Å². The Hall–Kier alpha value is -2.59. The number of carbonyl (C=O) groups is 1. The number of nitrogens with one attached hydrogen (secondary N) is 1. The van der Waals surface area contributed by atoms with E-state index in [1.165, 1.54) is 5.56 Å². The van der Waals surface area contributed by atoms with Crippen LogP contribution in [0.3, 0.4) is 0 Å². The van der Waals surface area contributed by atoms with E-state index in [-0.39, 0.29) is 11.9 Å². The topological polar surface area (TPSA) is 59.5 Å². The van der Waals surface area contributed by atoms with Gasteiger partial charge in [0.2, 0.25) is 0 Å². The van der Waals surface area contributed by atoms with E-state index in [0.29, 0.717) is 12.1 Å². The number of fused-ring (bicyclic) bond motifs is 1. The molecule has 0 aliphatic heterocycles. The van der Waals surface area contributed by atoms with Crippen LogP contribution in [0.15, 0.2) is 54.9 Å². The lowest BCUT2D eigenvalue weighted by molar-refractivity contribution is 0.0951. The highest BCUT2D eigenvalue weighted by Crippen LogP contribution is 2.17. The van der Waals surface area contributed by atoms with Crippen LogP contribution in [0.25, 0.3) is 5.52 Å². The van der Waals surface area contributed by atoms with Gasteiger partial charge in [0.05, 0.1) is 5.56 Å². The fourth-order valence-corrected chi connectivity index (χ4v) is 3.04. The highest BCUT2D eigenvalue weighted by Gasteiger charge is 2.13. The van der Waals surface area contributed by atoms with Gasteiger partial charge < -0.3 is 15.5 Å². The van der Waals surface area contributed by atoms with Crippen LogP contribution in [-0.4, -0.2) is 16.9 Å². The van der Waals surface area contributed by atoms with E-state index in [2.05, 4.69) is 18.3 Å². The SMILES string of the molecule is CCc1ccccc1C(N)CNC(=O)c1cc2c(C)cccn2c1. The molecule has 1 atom stereocenters. The van der Waals surface area contributed by atoms with Crippen LogP contribution in [0, 0.1) is 6.92 Å². The molecule has 0 fully saturated rings. The fraction of sp³-hybridized carbons (Fsp3) is 0.250. The smallest absolute Gasteiger partial charge is 0.252 e. The van der Waals surface area contributed by atoms with Crippen molar-refractivity contribution in [2.75, 3.05) is 6.54 Å². The number of aromatic nitrogens is 1. The lowest BCUT2D eigenvalue weighted by atomic mass is 9.99. The van der Waals surface area contributed by atoms with Gasteiger partial charge in [-0.3, -0.25) is 4.79 Å². The fourth-order valence-electron chi connectivity index (χ4n) is 3.04. The Morgan fingerprint density at radius 1 is 1.25 bits per heavy atom. The van der Waals surface area contributed by atoms with Crippen molar-refractivity contribution in [3.8, 4) is 0 Å². The molecule has 3 rings (SSSR count). The number of amides is 1. The zero-order chi connectivity index (χ0) is 17.1. The molecular weight excluding hydrogens is 298 g/mol. The van der Waals surface area contributed by atoms with Gasteiger partial charge in [-0.1, -0.05) is 37.3 Å². The molecule has 0 saturated heterocycles. The highest BCUT2D eigenvalue weighted by atomic mass is 16.1. The predicted octanol–water partition coefficient (Wildman–Crippen LogP) is 3.24. The largest absolute Gasteiger partial charge is 0.350 e. The maximum absolute atomic E-state index is 12.4. The van der Waals surface area contributed by atoms with Gasteiger partial charge in [-0.05, 0) is 42.2 Å². The number of carbonyl (C=O) groups excluding carboxylic acids is 1. The third kappa shape index (κ3) is 3.19. The third-order valence-corrected chi connectivity index (χ3v) is 4.43. The monoisotopic (exact) mass is 321 g/mol. The molecule has 4 nitrogen and oxygen atoms in total. The van der Waals surface area contributed by atoms with Gasteiger partial charge in [-0.2, -0.15) is 0 Å². The van der Waals surface area contributed by atoms with Crippen LogP contribution in [0.4, 0.5) is 0 Å². The Balaban J connectivity index is 1.71. The summed E-state index contributed by atoms with van der Waals surface area (Å²) in [7, 11) is 0. The second-order valence-electron chi connectivity index (χ2n) is 6.08. The lowest BCUT2D eigenvalue weighted by Gasteiger charge is -2.16. The molecule has 2 aromatic heterocycles. The quantitative estimate of drug-likeness (QED) is 0.758. The van der Waals surface area contributed by atoms with Crippen LogP contribution in [0.2, 0.25) is 0 Å². The summed E-state index contributed by atoms with van der Waals surface area (Å²) in [6, 6.07) is 13.8. The Bertz CT molecular complexity index is 866. The van der Waals surface area contributed by atoms with Gasteiger partial charge in [0, 0.05) is 30.5 Å². The summed E-state index contributed by atoms with van der Waals surface area (Å²) in [5, 5.41) is 2.95. The molecule has 1 unspecified atom stereocenters. The van der Waals surface area contributed by atoms with Crippen molar-refractivity contribution in [3.63, 3.8) is 0 Å². The first-order chi connectivity index (χ1) is 11.6. The Kier molecular flexibility index (Phi) is 4.67. The number of hydrogen-bond donors (Lipinski definition) is 2. The minimum absolute atomic E-state index is 0.0949. The second kappa shape index (κ2) is 6.89. The lowest BCUT2D eigenvalue weighted by Crippen LogP contribution is -2.32. The maximum Gasteiger partial charge on any atom is 0.252 e. The van der Waals surface area contributed by atoms with E-state index < -0.39 is 0 Å². The molecular formula is C20H23N3O. The van der Waals surface area contributed by atoms with Gasteiger partial charge in [0.1, 0.15) is 0 Å². The van der Waals surface area contributed by atoms with E-state index in [1.54, 1.807) is 0 Å². The Morgan fingerprint density at radius 3 is 2.79 bits per heavy atom. The molecule has 0 saturated carbocycles. The summed E-state index contributed by atoms with van der Waals surface area (Å²) in [6.07, 6.45) is 4.73. The van der Waals surface area contributed by atoms with Crippen molar-refractivity contribution < 1.29 is 4.79 Å². The first-order valence-electron chi connectivity index (χ1n) is 8.29. The maximum atomic E-state index is 12.4. The molecule has 1 amide bonds. The number of nitrogens with zero attached hydrogens (tertiary/aromatic N) is 1. The van der Waals surface area contributed by atoms with Gasteiger partial charge in [0.15, 0.2) is 0 Å². The minimum atomic E-state index is -0.205. The number of nitrogens with two attached hydrogens (primary N) is 1. The summed E-state index contributed by atoms with van der Waals surface area (Å²) < 4.78 is 1.97. The van der Waals surface area contributed by atoms with Crippen LogP contribution < -0.4 is 11.1 Å². The van der Waals surface area contributed by atoms with Crippen molar-refractivity contribution >= 4 is 11.4 Å². The zero-order valence-corrected chi connectivity index (χ0v) is 14.1. The number of benzene rings is 1. The van der Waals surface area contributed by atoms with Crippen LogP contribution >= 0.6 is 0 Å². The number of pyridine rings is 1. The van der Waals surface area contributed by atoms with Gasteiger partial charge in [0.25, 0.3) is 5.91 Å². The van der Waals surface area contributed by atoms with Gasteiger partial charge in [-0.25, -0.2) is 0 Å². The molecule has 124 valence electrons. The second-order valence-corrected chi connectivity index (χ2v) is 6.08. The molecule has 0 bridgehead atoms. The van der Waals surface area contributed by atoms with Crippen LogP contribution in [-0.2, 0) is 6.42 Å². The van der Waals surface area contributed by atoms with E-state index in [9.17, 15) is 4.79 Å². The average Bonchev–Trinajstić information content (AvgIpc) is 3.05. The first kappa shape index (κ1) is 16.3. The number of hydrogen-bond acceptors (Lipinski definition) is 2. The third-order valence-electron chi connectivity index (χ3n) is 4.43. The van der Waals surface area contributed by atoms with E-state index in [1.807, 2.05) is 60.1 Å². The molecule has 24 heavy (non-hydrogen) atoms. The van der Waals surface area contributed by atoms with E-state index in [4.69, 9.17) is 5.73 Å². The van der Waals surface area contributed by atoms with Crippen molar-refractivity contribution in [3.05, 3.63) is 77.1 Å². The Labute approximate surface area is 142 Å². The van der Waals surface area contributed by atoms with E-state index >= 15 is 0 Å². The zero-order valence-electron chi connectivity index (χ0n) is 14.1. The van der Waals surface area contributed by atoms with Crippen molar-refractivity contribution in [2.45, 2.75) is 26.3 Å². The molecule has 3 N–H and O–H groups in total. The predicted molar refractivity (Wildman–Crippen MR) is 97.2 cm³/mol. The molecule has 0 aliphatic rings.